The van der Waals surface area contributed by atoms with Crippen molar-refractivity contribution in [3.63, 3.8) is 0 Å². The third-order valence-corrected chi connectivity index (χ3v) is 2.08. The van der Waals surface area contributed by atoms with Crippen LogP contribution in [0.1, 0.15) is 27.2 Å². The van der Waals surface area contributed by atoms with Gasteiger partial charge in [-0.1, -0.05) is 38.3 Å². The fraction of sp³-hybridized carbons (Fsp3) is 0.286. The largest absolute Gasteiger partial charge is 0.359 e. The number of allylic oxidation sites excluding steroid dienone is 6. The minimum Gasteiger partial charge on any atom is -0.359 e. The van der Waals surface area contributed by atoms with Gasteiger partial charge in [0.2, 0.25) is 0 Å². The smallest absolute Gasteiger partial charge is 0.0381 e. The second-order valence-corrected chi connectivity index (χ2v) is 3.41. The zero-order chi connectivity index (χ0) is 11.8. The minimum atomic E-state index is 0.906. The van der Waals surface area contributed by atoms with Crippen molar-refractivity contribution in [3.05, 3.63) is 60.5 Å². The average molecular weight is 203 g/mol. The molecule has 0 amide bonds. The molecule has 0 radical (unpaired) electrons. The van der Waals surface area contributed by atoms with Crippen molar-refractivity contribution in [2.45, 2.75) is 27.2 Å². The standard InChI is InChI=1S/C14H21N/c1-7-12(6)15-14(9-3)10-13(8-2)11(4)5/h8-10,15H,3-4,6-7H2,1-2,5H3/b13-8+,14-10+. The van der Waals surface area contributed by atoms with Crippen LogP contribution in [0.3, 0.4) is 0 Å². The van der Waals surface area contributed by atoms with E-state index in [1.54, 1.807) is 6.08 Å². The Bertz CT molecular complexity index is 316. The molecule has 0 heterocycles. The third-order valence-electron chi connectivity index (χ3n) is 2.08. The first-order chi connectivity index (χ1) is 7.04. The Labute approximate surface area is 93.6 Å². The van der Waals surface area contributed by atoms with Gasteiger partial charge >= 0.3 is 0 Å². The van der Waals surface area contributed by atoms with Crippen LogP contribution in [0, 0.1) is 0 Å². The van der Waals surface area contributed by atoms with Crippen LogP contribution in [0.5, 0.6) is 0 Å². The highest BCUT2D eigenvalue weighted by molar-refractivity contribution is 5.40. The summed E-state index contributed by atoms with van der Waals surface area (Å²) in [7, 11) is 0. The Morgan fingerprint density at radius 3 is 2.27 bits per heavy atom. The fourth-order valence-corrected chi connectivity index (χ4v) is 1.06. The summed E-state index contributed by atoms with van der Waals surface area (Å²) in [6.07, 6.45) is 6.75. The fourth-order valence-electron chi connectivity index (χ4n) is 1.06. The monoisotopic (exact) mass is 203 g/mol. The van der Waals surface area contributed by atoms with Crippen LogP contribution in [-0.2, 0) is 0 Å². The van der Waals surface area contributed by atoms with Crippen molar-refractivity contribution in [2.24, 2.45) is 0 Å². The van der Waals surface area contributed by atoms with Gasteiger partial charge in [-0.25, -0.2) is 0 Å². The van der Waals surface area contributed by atoms with E-state index >= 15 is 0 Å². The summed E-state index contributed by atoms with van der Waals surface area (Å²) in [6.45, 7) is 17.6. The normalized spacial score (nSPS) is 12.2. The van der Waals surface area contributed by atoms with Crippen molar-refractivity contribution in [1.29, 1.82) is 0 Å². The SMILES string of the molecule is C=C/C(=C\C(=C/C)C(=C)C)NC(=C)CC. The lowest BCUT2D eigenvalue weighted by Crippen LogP contribution is -2.09. The van der Waals surface area contributed by atoms with Gasteiger partial charge in [-0.05, 0) is 38.0 Å². The molecule has 0 saturated heterocycles. The van der Waals surface area contributed by atoms with E-state index in [0.29, 0.717) is 0 Å². The summed E-state index contributed by atoms with van der Waals surface area (Å²) in [4.78, 5) is 0. The lowest BCUT2D eigenvalue weighted by molar-refractivity contribution is 0.919. The highest BCUT2D eigenvalue weighted by atomic mass is 14.9. The summed E-state index contributed by atoms with van der Waals surface area (Å²) in [6, 6.07) is 0. The van der Waals surface area contributed by atoms with E-state index in [9.17, 15) is 0 Å². The molecule has 15 heavy (non-hydrogen) atoms. The van der Waals surface area contributed by atoms with Crippen LogP contribution in [0.15, 0.2) is 60.5 Å². The van der Waals surface area contributed by atoms with Crippen LogP contribution in [0.4, 0.5) is 0 Å². The maximum atomic E-state index is 3.92. The van der Waals surface area contributed by atoms with Gasteiger partial charge in [-0.15, -0.1) is 0 Å². The maximum Gasteiger partial charge on any atom is 0.0381 e. The van der Waals surface area contributed by atoms with Crippen LogP contribution in [0.25, 0.3) is 0 Å². The predicted octanol–water partition coefficient (Wildman–Crippen LogP) is 4.09. The lowest BCUT2D eigenvalue weighted by atomic mass is 10.1. The highest BCUT2D eigenvalue weighted by Crippen LogP contribution is 2.11. The number of hydrogen-bond acceptors (Lipinski definition) is 1. The number of hydrogen-bond donors (Lipinski definition) is 1. The average Bonchev–Trinajstić information content (AvgIpc) is 2.22. The molecule has 0 saturated carbocycles. The van der Waals surface area contributed by atoms with Crippen LogP contribution < -0.4 is 5.32 Å². The Hall–Kier alpha value is -1.50. The molecular formula is C14H21N. The summed E-state index contributed by atoms with van der Waals surface area (Å²) < 4.78 is 0. The molecule has 1 N–H and O–H groups in total. The Kier molecular flexibility index (Phi) is 6.19. The lowest BCUT2D eigenvalue weighted by Gasteiger charge is -2.09. The second-order valence-electron chi connectivity index (χ2n) is 3.41. The van der Waals surface area contributed by atoms with E-state index in [0.717, 1.165) is 29.0 Å². The maximum absolute atomic E-state index is 3.92. The molecule has 0 aromatic carbocycles. The number of nitrogens with one attached hydrogen (secondary N) is 1. The zero-order valence-electron chi connectivity index (χ0n) is 10.1. The Morgan fingerprint density at radius 2 is 1.93 bits per heavy atom. The molecule has 0 unspecified atom stereocenters. The van der Waals surface area contributed by atoms with Gasteiger partial charge in [0.05, 0.1) is 0 Å². The summed E-state index contributed by atoms with van der Waals surface area (Å²) in [5.74, 6) is 0. The second kappa shape index (κ2) is 6.88. The van der Waals surface area contributed by atoms with Gasteiger partial charge in [0.25, 0.3) is 0 Å². The van der Waals surface area contributed by atoms with E-state index in [1.807, 2.05) is 26.0 Å². The van der Waals surface area contributed by atoms with Crippen molar-refractivity contribution in [1.82, 2.24) is 5.32 Å². The Balaban J connectivity index is 4.80. The summed E-state index contributed by atoms with van der Waals surface area (Å²) >= 11 is 0. The van der Waals surface area contributed by atoms with Crippen LogP contribution >= 0.6 is 0 Å². The van der Waals surface area contributed by atoms with Crippen LogP contribution in [0.2, 0.25) is 0 Å². The molecule has 0 aliphatic heterocycles. The molecule has 0 atom stereocenters. The molecule has 82 valence electrons. The van der Waals surface area contributed by atoms with Gasteiger partial charge in [-0.3, -0.25) is 0 Å². The minimum absolute atomic E-state index is 0.906. The molecule has 0 fully saturated rings. The van der Waals surface area contributed by atoms with E-state index in [4.69, 9.17) is 0 Å². The van der Waals surface area contributed by atoms with Gasteiger partial charge in [0.1, 0.15) is 0 Å². The van der Waals surface area contributed by atoms with Gasteiger partial charge in [0, 0.05) is 11.4 Å². The van der Waals surface area contributed by atoms with Crippen LogP contribution in [-0.4, -0.2) is 0 Å². The molecule has 1 nitrogen and oxygen atoms in total. The molecule has 0 aromatic rings. The predicted molar refractivity (Wildman–Crippen MR) is 69.4 cm³/mol. The first-order valence-corrected chi connectivity index (χ1v) is 5.16. The molecule has 1 heteroatoms. The van der Waals surface area contributed by atoms with E-state index in [-0.39, 0.29) is 0 Å². The molecule has 0 bridgehead atoms. The zero-order valence-corrected chi connectivity index (χ0v) is 10.1. The topological polar surface area (TPSA) is 12.0 Å². The molecule has 0 rings (SSSR count). The van der Waals surface area contributed by atoms with Gasteiger partial charge in [0.15, 0.2) is 0 Å². The quantitative estimate of drug-likeness (QED) is 0.641. The molecule has 0 aliphatic carbocycles. The summed E-state index contributed by atoms with van der Waals surface area (Å²) in [5, 5.41) is 3.20. The van der Waals surface area contributed by atoms with E-state index < -0.39 is 0 Å². The first-order valence-electron chi connectivity index (χ1n) is 5.16. The van der Waals surface area contributed by atoms with Crippen molar-refractivity contribution in [3.8, 4) is 0 Å². The van der Waals surface area contributed by atoms with Gasteiger partial charge < -0.3 is 5.32 Å². The number of rotatable bonds is 6. The summed E-state index contributed by atoms with van der Waals surface area (Å²) in [5.41, 5.74) is 4.10. The van der Waals surface area contributed by atoms with Crippen molar-refractivity contribution >= 4 is 0 Å². The molecule has 0 spiro atoms. The van der Waals surface area contributed by atoms with Gasteiger partial charge in [-0.2, -0.15) is 0 Å². The van der Waals surface area contributed by atoms with E-state index in [1.165, 1.54) is 0 Å². The van der Waals surface area contributed by atoms with E-state index in [2.05, 4.69) is 32.0 Å². The molecule has 0 aliphatic rings. The third kappa shape index (κ3) is 5.06. The van der Waals surface area contributed by atoms with Crippen molar-refractivity contribution < 1.29 is 0 Å². The van der Waals surface area contributed by atoms with Crippen molar-refractivity contribution in [2.75, 3.05) is 0 Å². The first kappa shape index (κ1) is 13.5. The molecular weight excluding hydrogens is 182 g/mol. The molecule has 0 aromatic heterocycles. The highest BCUT2D eigenvalue weighted by Gasteiger charge is 1.96. The Morgan fingerprint density at radius 1 is 1.33 bits per heavy atom.